The number of nitrogens with zero attached hydrogens (tertiary/aromatic N) is 1. The first-order valence-corrected chi connectivity index (χ1v) is 10.6. The molecule has 10 nitrogen and oxygen atoms in total. The number of carbonyl (C=O) groups is 4. The second kappa shape index (κ2) is 9.40. The van der Waals surface area contributed by atoms with Gasteiger partial charge < -0.3 is 18.9 Å². The first kappa shape index (κ1) is 22.6. The molecule has 0 aromatic heterocycles. The van der Waals surface area contributed by atoms with Gasteiger partial charge in [-0.25, -0.2) is 9.59 Å². The molecule has 2 aliphatic heterocycles. The number of carbonyl (C=O) groups excluding carboxylic acids is 4. The van der Waals surface area contributed by atoms with Gasteiger partial charge in [-0.05, 0) is 17.7 Å². The van der Waals surface area contributed by atoms with Crippen LogP contribution in [0.4, 0.5) is 0 Å². The lowest BCUT2D eigenvalue weighted by Crippen LogP contribution is -2.69. The van der Waals surface area contributed by atoms with Crippen molar-refractivity contribution in [1.29, 1.82) is 0 Å². The van der Waals surface area contributed by atoms with Crippen LogP contribution in [-0.2, 0) is 50.7 Å². The second-order valence-corrected chi connectivity index (χ2v) is 8.31. The summed E-state index contributed by atoms with van der Waals surface area (Å²) in [6.45, 7) is 0.722. The van der Waals surface area contributed by atoms with E-state index in [0.717, 1.165) is 4.90 Å². The first-order valence-electron chi connectivity index (χ1n) is 9.21. The van der Waals surface area contributed by atoms with Crippen molar-refractivity contribution in [3.05, 3.63) is 46.7 Å². The van der Waals surface area contributed by atoms with Crippen molar-refractivity contribution in [2.75, 3.05) is 26.6 Å². The number of methoxy groups -OCH3 is 2. The van der Waals surface area contributed by atoms with Crippen molar-refractivity contribution in [3.63, 3.8) is 0 Å². The zero-order valence-electron chi connectivity index (χ0n) is 17.1. The number of β-lactam (4-membered cyclic amide) rings is 1. The highest BCUT2D eigenvalue weighted by Gasteiger charge is 2.57. The van der Waals surface area contributed by atoms with Gasteiger partial charge in [-0.3, -0.25) is 18.7 Å². The molecule has 2 unspecified atom stereocenters. The van der Waals surface area contributed by atoms with Gasteiger partial charge in [-0.15, -0.1) is 0 Å². The van der Waals surface area contributed by atoms with Gasteiger partial charge in [0.15, 0.2) is 6.10 Å². The number of hydrogen-bond acceptors (Lipinski definition) is 9. The molecule has 2 aliphatic rings. The predicted octanol–water partition coefficient (Wildman–Crippen LogP) is 0.279. The zero-order chi connectivity index (χ0) is 22.7. The Morgan fingerprint density at radius 3 is 2.52 bits per heavy atom. The SMILES string of the molecule is COC(=O)c1cccc(COC(=O)C2=C(COC(C)=O)CS(=O)C3[C@H](OC)C(=O)N23)c1. The van der Waals surface area contributed by atoms with E-state index in [2.05, 4.69) is 4.74 Å². The smallest absolute Gasteiger partial charge is 0.355 e. The Labute approximate surface area is 180 Å². The normalized spacial score (nSPS) is 22.4. The fourth-order valence-corrected chi connectivity index (χ4v) is 4.99. The van der Waals surface area contributed by atoms with Crippen molar-refractivity contribution in [3.8, 4) is 0 Å². The van der Waals surface area contributed by atoms with Crippen LogP contribution < -0.4 is 0 Å². The summed E-state index contributed by atoms with van der Waals surface area (Å²) in [6, 6.07) is 6.34. The maximum absolute atomic E-state index is 12.9. The van der Waals surface area contributed by atoms with Crippen LogP contribution in [0.5, 0.6) is 0 Å². The van der Waals surface area contributed by atoms with Gasteiger partial charge in [0.05, 0.1) is 29.2 Å². The second-order valence-electron chi connectivity index (χ2n) is 6.78. The molecule has 0 radical (unpaired) electrons. The highest BCUT2D eigenvalue weighted by Crippen LogP contribution is 2.36. The number of amides is 1. The Morgan fingerprint density at radius 1 is 1.13 bits per heavy atom. The van der Waals surface area contributed by atoms with Crippen molar-refractivity contribution in [2.24, 2.45) is 0 Å². The molecule has 166 valence electrons. The third kappa shape index (κ3) is 4.52. The van der Waals surface area contributed by atoms with Crippen LogP contribution in [0, 0.1) is 0 Å². The summed E-state index contributed by atoms with van der Waals surface area (Å²) in [5, 5.41) is -0.816. The van der Waals surface area contributed by atoms with Crippen molar-refractivity contribution >= 4 is 34.6 Å². The molecule has 11 heteroatoms. The van der Waals surface area contributed by atoms with E-state index in [1.165, 1.54) is 27.2 Å². The largest absolute Gasteiger partial charge is 0.465 e. The average Bonchev–Trinajstić information content (AvgIpc) is 2.75. The molecule has 3 rings (SSSR count). The van der Waals surface area contributed by atoms with Crippen LogP contribution in [0.3, 0.4) is 0 Å². The van der Waals surface area contributed by atoms with Crippen molar-refractivity contribution in [2.45, 2.75) is 25.0 Å². The molecule has 1 aromatic rings. The molecule has 1 saturated heterocycles. The fraction of sp³-hybridized carbons (Fsp3) is 0.400. The number of esters is 3. The maximum Gasteiger partial charge on any atom is 0.355 e. The minimum atomic E-state index is -1.54. The zero-order valence-corrected chi connectivity index (χ0v) is 17.9. The third-order valence-corrected chi connectivity index (χ3v) is 6.40. The summed E-state index contributed by atoms with van der Waals surface area (Å²) in [5.74, 6) is -2.55. The number of ether oxygens (including phenoxy) is 4. The van der Waals surface area contributed by atoms with E-state index in [1.807, 2.05) is 0 Å². The summed E-state index contributed by atoms with van der Waals surface area (Å²) < 4.78 is 32.6. The van der Waals surface area contributed by atoms with Crippen LogP contribution in [0.2, 0.25) is 0 Å². The Morgan fingerprint density at radius 2 is 1.87 bits per heavy atom. The summed E-state index contributed by atoms with van der Waals surface area (Å²) in [4.78, 5) is 49.3. The Balaban J connectivity index is 1.83. The molecule has 1 aromatic carbocycles. The Kier molecular flexibility index (Phi) is 6.86. The molecule has 0 bridgehead atoms. The molecule has 0 saturated carbocycles. The number of benzene rings is 1. The summed E-state index contributed by atoms with van der Waals surface area (Å²) in [7, 11) is 1.04. The van der Waals surface area contributed by atoms with Crippen LogP contribution in [-0.4, -0.2) is 71.0 Å². The van der Waals surface area contributed by atoms with Crippen molar-refractivity contribution in [1.82, 2.24) is 4.90 Å². The predicted molar refractivity (Wildman–Crippen MR) is 106 cm³/mol. The third-order valence-electron chi connectivity index (χ3n) is 4.77. The van der Waals surface area contributed by atoms with E-state index in [-0.39, 0.29) is 30.2 Å². The molecule has 0 N–H and O–H groups in total. The summed E-state index contributed by atoms with van der Waals surface area (Å²) >= 11 is 0. The van der Waals surface area contributed by atoms with E-state index in [1.54, 1.807) is 18.2 Å². The van der Waals surface area contributed by atoms with Gasteiger partial charge >= 0.3 is 17.9 Å². The quantitative estimate of drug-likeness (QED) is 0.326. The minimum absolute atomic E-state index is 0.0656. The highest BCUT2D eigenvalue weighted by atomic mass is 32.2. The van der Waals surface area contributed by atoms with Gasteiger partial charge in [0, 0.05) is 19.6 Å². The molecule has 1 amide bonds. The summed E-state index contributed by atoms with van der Waals surface area (Å²) in [6.07, 6.45) is -0.921. The van der Waals surface area contributed by atoms with Gasteiger partial charge in [0.1, 0.15) is 24.3 Å². The average molecular weight is 451 g/mol. The Hall–Kier alpha value is -3.05. The standard InChI is InChI=1S/C20H21NO9S/c1-11(22)29-9-14-10-31(26)18-16(27-2)17(23)21(18)15(14)20(25)30-8-12-5-4-6-13(7-12)19(24)28-3/h4-7,16,18H,8-10H2,1-3H3/t16-,18?,31?/m1/s1. The van der Waals surface area contributed by atoms with Crippen molar-refractivity contribution < 1.29 is 42.3 Å². The lowest BCUT2D eigenvalue weighted by Gasteiger charge is -2.48. The Bertz CT molecular complexity index is 987. The van der Waals surface area contributed by atoms with Gasteiger partial charge in [-0.1, -0.05) is 12.1 Å². The number of rotatable bonds is 7. The highest BCUT2D eigenvalue weighted by molar-refractivity contribution is 7.86. The molecule has 0 aliphatic carbocycles. The minimum Gasteiger partial charge on any atom is -0.465 e. The monoisotopic (exact) mass is 451 g/mol. The topological polar surface area (TPSA) is 126 Å². The van der Waals surface area contributed by atoms with Gasteiger partial charge in [0.2, 0.25) is 0 Å². The number of fused-ring (bicyclic) bond motifs is 1. The van der Waals surface area contributed by atoms with E-state index >= 15 is 0 Å². The maximum atomic E-state index is 12.9. The summed E-state index contributed by atoms with van der Waals surface area (Å²) in [5.41, 5.74) is 0.938. The molecule has 1 fully saturated rings. The van der Waals surface area contributed by atoms with Gasteiger partial charge in [0.25, 0.3) is 5.91 Å². The molecule has 0 spiro atoms. The lowest BCUT2D eigenvalue weighted by atomic mass is 10.1. The van der Waals surface area contributed by atoms with Crippen LogP contribution in [0.1, 0.15) is 22.8 Å². The van der Waals surface area contributed by atoms with E-state index in [9.17, 15) is 23.4 Å². The van der Waals surface area contributed by atoms with E-state index in [0.29, 0.717) is 11.1 Å². The van der Waals surface area contributed by atoms with Crippen LogP contribution >= 0.6 is 0 Å². The molecule has 3 atom stereocenters. The molecule has 2 heterocycles. The lowest BCUT2D eigenvalue weighted by molar-refractivity contribution is -0.164. The van der Waals surface area contributed by atoms with E-state index < -0.39 is 46.1 Å². The van der Waals surface area contributed by atoms with E-state index in [4.69, 9.17) is 14.2 Å². The van der Waals surface area contributed by atoms with Gasteiger partial charge in [-0.2, -0.15) is 0 Å². The molecule has 31 heavy (non-hydrogen) atoms. The molecular formula is C20H21NO9S. The van der Waals surface area contributed by atoms with Crippen LogP contribution in [0.15, 0.2) is 35.5 Å². The number of hydrogen-bond donors (Lipinski definition) is 0. The molecular weight excluding hydrogens is 430 g/mol. The fourth-order valence-electron chi connectivity index (χ4n) is 3.31. The van der Waals surface area contributed by atoms with Crippen LogP contribution in [0.25, 0.3) is 0 Å². The first-order chi connectivity index (χ1) is 14.8.